The lowest BCUT2D eigenvalue weighted by molar-refractivity contribution is 0.112. The summed E-state index contributed by atoms with van der Waals surface area (Å²) in [4.78, 5) is 11.0. The maximum absolute atomic E-state index is 11.0. The summed E-state index contributed by atoms with van der Waals surface area (Å²) in [5.41, 5.74) is 2.56. The van der Waals surface area contributed by atoms with Gasteiger partial charge in [0.05, 0.1) is 10.6 Å². The number of hydrogen-bond donors (Lipinski definition) is 0. The van der Waals surface area contributed by atoms with E-state index < -0.39 is 0 Å². The molecule has 0 bridgehead atoms. The molecular weight excluding hydrogens is 248 g/mol. The second kappa shape index (κ2) is 5.23. The van der Waals surface area contributed by atoms with Crippen LogP contribution in [0, 0.1) is 13.8 Å². The number of halogens is 1. The number of carbonyl (C=O) groups excluding carboxylic acids is 1. The van der Waals surface area contributed by atoms with E-state index in [1.165, 1.54) is 5.56 Å². The van der Waals surface area contributed by atoms with Gasteiger partial charge in [-0.1, -0.05) is 35.4 Å². The molecule has 0 atom stereocenters. The zero-order valence-electron chi connectivity index (χ0n) is 10.2. The van der Waals surface area contributed by atoms with E-state index in [-0.39, 0.29) is 0 Å². The molecule has 0 spiro atoms. The number of rotatable bonds is 3. The van der Waals surface area contributed by atoms with Crippen molar-refractivity contribution in [3.8, 4) is 11.5 Å². The van der Waals surface area contributed by atoms with Crippen molar-refractivity contribution in [2.24, 2.45) is 0 Å². The predicted molar refractivity (Wildman–Crippen MR) is 72.8 cm³/mol. The van der Waals surface area contributed by atoms with E-state index >= 15 is 0 Å². The second-order valence-electron chi connectivity index (χ2n) is 4.14. The van der Waals surface area contributed by atoms with Gasteiger partial charge in [0, 0.05) is 0 Å². The summed E-state index contributed by atoms with van der Waals surface area (Å²) in [5, 5.41) is 0.396. The highest BCUT2D eigenvalue weighted by molar-refractivity contribution is 6.33. The fraction of sp³-hybridized carbons (Fsp3) is 0.133. The molecular formula is C15H13ClO2. The van der Waals surface area contributed by atoms with Gasteiger partial charge in [0.2, 0.25) is 0 Å². The minimum absolute atomic E-state index is 0.374. The number of hydrogen-bond acceptors (Lipinski definition) is 2. The van der Waals surface area contributed by atoms with Crippen molar-refractivity contribution in [2.75, 3.05) is 0 Å². The van der Waals surface area contributed by atoms with Gasteiger partial charge in [-0.25, -0.2) is 0 Å². The Kier molecular flexibility index (Phi) is 3.68. The van der Waals surface area contributed by atoms with Crippen LogP contribution in [0.4, 0.5) is 0 Å². The molecule has 0 N–H and O–H groups in total. The smallest absolute Gasteiger partial charge is 0.155 e. The quantitative estimate of drug-likeness (QED) is 0.756. The fourth-order valence-electron chi connectivity index (χ4n) is 1.75. The molecule has 2 rings (SSSR count). The van der Waals surface area contributed by atoms with E-state index in [2.05, 4.69) is 0 Å². The second-order valence-corrected chi connectivity index (χ2v) is 4.55. The van der Waals surface area contributed by atoms with E-state index in [0.717, 1.165) is 11.3 Å². The molecule has 0 aromatic heterocycles. The first-order chi connectivity index (χ1) is 8.61. The monoisotopic (exact) mass is 260 g/mol. The average molecular weight is 261 g/mol. The maximum atomic E-state index is 11.0. The summed E-state index contributed by atoms with van der Waals surface area (Å²) >= 11 is 5.95. The number of ether oxygens (including phenoxy) is 1. The number of aldehydes is 1. The fourth-order valence-corrected chi connectivity index (χ4v) is 1.96. The van der Waals surface area contributed by atoms with E-state index in [0.29, 0.717) is 22.6 Å². The van der Waals surface area contributed by atoms with Gasteiger partial charge in [0.1, 0.15) is 11.5 Å². The molecule has 0 radical (unpaired) electrons. The van der Waals surface area contributed by atoms with E-state index in [1.807, 2.05) is 32.0 Å². The first kappa shape index (κ1) is 12.7. The molecule has 0 saturated heterocycles. The van der Waals surface area contributed by atoms with Crippen LogP contribution < -0.4 is 4.74 Å². The Hall–Kier alpha value is -1.80. The topological polar surface area (TPSA) is 26.3 Å². The van der Waals surface area contributed by atoms with Crippen molar-refractivity contribution < 1.29 is 9.53 Å². The van der Waals surface area contributed by atoms with Crippen LogP contribution in [0.1, 0.15) is 21.5 Å². The predicted octanol–water partition coefficient (Wildman–Crippen LogP) is 4.56. The zero-order valence-corrected chi connectivity index (χ0v) is 11.0. The zero-order chi connectivity index (χ0) is 13.1. The van der Waals surface area contributed by atoms with Crippen molar-refractivity contribution in [2.45, 2.75) is 13.8 Å². The van der Waals surface area contributed by atoms with Gasteiger partial charge in [-0.3, -0.25) is 4.79 Å². The molecule has 0 heterocycles. The molecule has 2 aromatic rings. The minimum Gasteiger partial charge on any atom is -0.456 e. The Morgan fingerprint density at radius 1 is 1.11 bits per heavy atom. The maximum Gasteiger partial charge on any atom is 0.155 e. The first-order valence-electron chi connectivity index (χ1n) is 5.60. The van der Waals surface area contributed by atoms with Gasteiger partial charge in [-0.15, -0.1) is 0 Å². The Bertz CT molecular complexity index is 591. The van der Waals surface area contributed by atoms with E-state index in [1.54, 1.807) is 18.2 Å². The molecule has 3 heteroatoms. The van der Waals surface area contributed by atoms with Gasteiger partial charge in [-0.2, -0.15) is 0 Å². The van der Waals surface area contributed by atoms with Gasteiger partial charge in [0.25, 0.3) is 0 Å². The number of carbonyl (C=O) groups is 1. The molecule has 0 aliphatic rings. The molecule has 2 aromatic carbocycles. The first-order valence-corrected chi connectivity index (χ1v) is 5.98. The van der Waals surface area contributed by atoms with Crippen LogP contribution >= 0.6 is 11.6 Å². The van der Waals surface area contributed by atoms with Gasteiger partial charge in [0.15, 0.2) is 6.29 Å². The SMILES string of the molecule is Cc1ccc(Oc2cccc(Cl)c2C=O)c(C)c1. The van der Waals surface area contributed by atoms with Crippen molar-refractivity contribution in [1.82, 2.24) is 0 Å². The normalized spacial score (nSPS) is 10.2. The Morgan fingerprint density at radius 2 is 1.89 bits per heavy atom. The van der Waals surface area contributed by atoms with Crippen LogP contribution in [0.3, 0.4) is 0 Å². The molecule has 0 amide bonds. The summed E-state index contributed by atoms with van der Waals surface area (Å²) < 4.78 is 5.75. The van der Waals surface area contributed by atoms with Crippen LogP contribution in [-0.2, 0) is 0 Å². The lowest BCUT2D eigenvalue weighted by Gasteiger charge is -2.11. The third-order valence-corrected chi connectivity index (χ3v) is 3.01. The molecule has 0 aliphatic heterocycles. The third kappa shape index (κ3) is 2.54. The van der Waals surface area contributed by atoms with Crippen LogP contribution in [-0.4, -0.2) is 6.29 Å². The van der Waals surface area contributed by atoms with Crippen molar-refractivity contribution >= 4 is 17.9 Å². The van der Waals surface area contributed by atoms with Crippen LogP contribution in [0.2, 0.25) is 5.02 Å². The molecule has 2 nitrogen and oxygen atoms in total. The van der Waals surface area contributed by atoms with Crippen LogP contribution in [0.15, 0.2) is 36.4 Å². The van der Waals surface area contributed by atoms with Crippen molar-refractivity contribution in [1.29, 1.82) is 0 Å². The van der Waals surface area contributed by atoms with Gasteiger partial charge in [-0.05, 0) is 37.6 Å². The molecule has 0 fully saturated rings. The lowest BCUT2D eigenvalue weighted by atomic mass is 10.1. The molecule has 0 aliphatic carbocycles. The van der Waals surface area contributed by atoms with Gasteiger partial charge >= 0.3 is 0 Å². The van der Waals surface area contributed by atoms with Crippen LogP contribution in [0.25, 0.3) is 0 Å². The molecule has 92 valence electrons. The summed E-state index contributed by atoms with van der Waals surface area (Å²) in [5.74, 6) is 1.20. The van der Waals surface area contributed by atoms with E-state index in [4.69, 9.17) is 16.3 Å². The van der Waals surface area contributed by atoms with Crippen LogP contribution in [0.5, 0.6) is 11.5 Å². The molecule has 18 heavy (non-hydrogen) atoms. The highest BCUT2D eigenvalue weighted by Gasteiger charge is 2.09. The number of benzene rings is 2. The van der Waals surface area contributed by atoms with Crippen molar-refractivity contribution in [3.05, 3.63) is 58.1 Å². The standard InChI is InChI=1S/C15H13ClO2/c1-10-6-7-14(11(2)8-10)18-15-5-3-4-13(16)12(15)9-17/h3-9H,1-2H3. The van der Waals surface area contributed by atoms with Crippen molar-refractivity contribution in [3.63, 3.8) is 0 Å². The highest BCUT2D eigenvalue weighted by Crippen LogP contribution is 2.31. The Morgan fingerprint density at radius 3 is 2.56 bits per heavy atom. The summed E-state index contributed by atoms with van der Waals surface area (Å²) in [6, 6.07) is 11.0. The summed E-state index contributed by atoms with van der Waals surface area (Å²) in [6.45, 7) is 3.99. The third-order valence-electron chi connectivity index (χ3n) is 2.68. The summed E-state index contributed by atoms with van der Waals surface area (Å²) in [6.07, 6.45) is 0.710. The molecule has 0 unspecified atom stereocenters. The summed E-state index contributed by atoms with van der Waals surface area (Å²) in [7, 11) is 0. The largest absolute Gasteiger partial charge is 0.456 e. The Labute approximate surface area is 111 Å². The number of aryl methyl sites for hydroxylation is 2. The highest BCUT2D eigenvalue weighted by atomic mass is 35.5. The average Bonchev–Trinajstić information content (AvgIpc) is 2.33. The van der Waals surface area contributed by atoms with E-state index in [9.17, 15) is 4.79 Å². The van der Waals surface area contributed by atoms with Gasteiger partial charge < -0.3 is 4.74 Å². The lowest BCUT2D eigenvalue weighted by Crippen LogP contribution is -1.93. The minimum atomic E-state index is 0.374. The Balaban J connectivity index is 2.40. The molecule has 0 saturated carbocycles.